The third-order valence-corrected chi connectivity index (χ3v) is 6.73. The molecule has 4 rings (SSSR count). The van der Waals surface area contributed by atoms with Crippen LogP contribution in [-0.2, 0) is 20.9 Å². The molecule has 3 amide bonds. The van der Waals surface area contributed by atoms with E-state index in [0.717, 1.165) is 31.2 Å². The number of pyridine rings is 1. The second-order valence-corrected chi connectivity index (χ2v) is 9.56. The number of amides is 3. The summed E-state index contributed by atoms with van der Waals surface area (Å²) < 4.78 is 6.07. The minimum atomic E-state index is -0.795. The third kappa shape index (κ3) is 4.71. The quantitative estimate of drug-likeness (QED) is 0.495. The molecule has 2 fully saturated rings. The maximum absolute atomic E-state index is 13.3. The van der Waals surface area contributed by atoms with Crippen LogP contribution in [0.25, 0.3) is 0 Å². The number of nitrogens with one attached hydrogen (secondary N) is 1. The Bertz CT molecular complexity index is 865. The highest BCUT2D eigenvalue weighted by atomic mass is 16.5. The lowest BCUT2D eigenvalue weighted by molar-refractivity contribution is -0.148. The van der Waals surface area contributed by atoms with E-state index in [1.54, 1.807) is 6.20 Å². The first-order valence-corrected chi connectivity index (χ1v) is 11.9. The molecule has 0 spiro atoms. The molecule has 0 radical (unpaired) electrons. The summed E-state index contributed by atoms with van der Waals surface area (Å²) in [6, 6.07) is 2.91. The summed E-state index contributed by atoms with van der Waals surface area (Å²) in [5, 5.41) is 2.95. The zero-order valence-electron chi connectivity index (χ0n) is 19.0. The van der Waals surface area contributed by atoms with E-state index in [0.29, 0.717) is 25.1 Å². The Morgan fingerprint density at radius 2 is 1.81 bits per heavy atom. The number of nitrogens with zero attached hydrogens (tertiary/aromatic N) is 2. The van der Waals surface area contributed by atoms with Gasteiger partial charge in [0, 0.05) is 18.3 Å². The molecule has 172 valence electrons. The minimum Gasteiger partial charge on any atom is -0.474 e. The van der Waals surface area contributed by atoms with Gasteiger partial charge >= 0.3 is 0 Å². The van der Waals surface area contributed by atoms with Crippen LogP contribution in [0.4, 0.5) is 0 Å². The number of rotatable bonds is 8. The second-order valence-electron chi connectivity index (χ2n) is 9.56. The number of hydrogen-bond acceptors (Lipinski definition) is 5. The highest BCUT2D eigenvalue weighted by molar-refractivity contribution is 6.08. The molecular weight excluding hydrogens is 406 g/mol. The molecule has 7 heteroatoms. The third-order valence-electron chi connectivity index (χ3n) is 6.73. The molecule has 3 aliphatic rings. The van der Waals surface area contributed by atoms with Crippen LogP contribution in [0, 0.1) is 17.8 Å². The predicted molar refractivity (Wildman–Crippen MR) is 119 cm³/mol. The van der Waals surface area contributed by atoms with E-state index < -0.39 is 6.04 Å². The highest BCUT2D eigenvalue weighted by Gasteiger charge is 2.51. The molecular formula is C25H33N3O4. The number of likely N-dealkylation sites (tertiary alicyclic amines) is 1. The minimum absolute atomic E-state index is 0.159. The lowest BCUT2D eigenvalue weighted by Gasteiger charge is -2.27. The van der Waals surface area contributed by atoms with E-state index in [4.69, 9.17) is 4.74 Å². The number of aromatic nitrogens is 1. The molecule has 2 heterocycles. The van der Waals surface area contributed by atoms with Crippen molar-refractivity contribution in [2.75, 3.05) is 0 Å². The Labute approximate surface area is 189 Å². The molecule has 0 aromatic carbocycles. The topological polar surface area (TPSA) is 88.6 Å². The fraction of sp³-hybridized carbons (Fsp3) is 0.600. The number of imide groups is 1. The Morgan fingerprint density at radius 1 is 1.16 bits per heavy atom. The van der Waals surface area contributed by atoms with E-state index in [1.807, 2.05) is 38.1 Å². The molecule has 0 bridgehead atoms. The average molecular weight is 440 g/mol. The van der Waals surface area contributed by atoms with Gasteiger partial charge in [-0.05, 0) is 56.9 Å². The first-order chi connectivity index (χ1) is 15.5. The number of hydrogen-bond donors (Lipinski definition) is 1. The van der Waals surface area contributed by atoms with E-state index in [1.165, 1.54) is 4.90 Å². The monoisotopic (exact) mass is 439 g/mol. The molecule has 1 saturated carbocycles. The molecule has 1 saturated heterocycles. The Kier molecular flexibility index (Phi) is 6.92. The molecule has 3 atom stereocenters. The summed E-state index contributed by atoms with van der Waals surface area (Å²) in [4.78, 5) is 45.0. The standard InChI is InChI=1S/C25H33N3O4/c1-16(2)14-21(28-24(30)19-11-5-6-12-20(19)25(28)31)22(29)27-15-17-8-7-13-26-23(17)32-18-9-3-4-10-18/h5-8,13,16,18-21H,3-4,9-12,14-15H2,1-2H3,(H,27,29)/t19-,20-,21+/m0/s1. The van der Waals surface area contributed by atoms with Gasteiger partial charge in [0.05, 0.1) is 11.8 Å². The summed E-state index contributed by atoms with van der Waals surface area (Å²) >= 11 is 0. The number of allylic oxidation sites excluding steroid dienone is 2. The lowest BCUT2D eigenvalue weighted by Crippen LogP contribution is -2.50. The predicted octanol–water partition coefficient (Wildman–Crippen LogP) is 3.39. The molecule has 32 heavy (non-hydrogen) atoms. The number of ether oxygens (including phenoxy) is 1. The Balaban J connectivity index is 1.46. The van der Waals surface area contributed by atoms with Crippen LogP contribution in [-0.4, -0.2) is 39.8 Å². The van der Waals surface area contributed by atoms with Gasteiger partial charge in [-0.2, -0.15) is 0 Å². The van der Waals surface area contributed by atoms with Crippen molar-refractivity contribution in [3.8, 4) is 5.88 Å². The summed E-state index contributed by atoms with van der Waals surface area (Å²) in [7, 11) is 0. The van der Waals surface area contributed by atoms with Gasteiger partial charge in [-0.3, -0.25) is 19.3 Å². The fourth-order valence-electron chi connectivity index (χ4n) is 5.04. The van der Waals surface area contributed by atoms with Crippen molar-refractivity contribution in [2.45, 2.75) is 77.5 Å². The van der Waals surface area contributed by atoms with Crippen LogP contribution in [0.1, 0.15) is 64.4 Å². The molecule has 2 aliphatic carbocycles. The van der Waals surface area contributed by atoms with E-state index in [2.05, 4.69) is 10.3 Å². The van der Waals surface area contributed by atoms with Crippen LogP contribution in [0.3, 0.4) is 0 Å². The molecule has 1 N–H and O–H groups in total. The summed E-state index contributed by atoms with van der Waals surface area (Å²) in [5.41, 5.74) is 0.799. The van der Waals surface area contributed by atoms with Crippen LogP contribution >= 0.6 is 0 Å². The van der Waals surface area contributed by atoms with Gasteiger partial charge in [-0.1, -0.05) is 32.1 Å². The Morgan fingerprint density at radius 3 is 2.44 bits per heavy atom. The highest BCUT2D eigenvalue weighted by Crippen LogP contribution is 2.37. The van der Waals surface area contributed by atoms with Crippen molar-refractivity contribution in [2.24, 2.45) is 17.8 Å². The van der Waals surface area contributed by atoms with Crippen molar-refractivity contribution in [1.82, 2.24) is 15.2 Å². The van der Waals surface area contributed by atoms with Crippen molar-refractivity contribution >= 4 is 17.7 Å². The summed E-state index contributed by atoms with van der Waals surface area (Å²) in [5.74, 6) is -0.687. The van der Waals surface area contributed by atoms with Gasteiger partial charge in [0.25, 0.3) is 0 Å². The van der Waals surface area contributed by atoms with Crippen molar-refractivity contribution in [3.05, 3.63) is 36.0 Å². The zero-order valence-corrected chi connectivity index (χ0v) is 19.0. The van der Waals surface area contributed by atoms with Gasteiger partial charge in [0.2, 0.25) is 23.6 Å². The zero-order chi connectivity index (χ0) is 22.7. The first kappa shape index (κ1) is 22.5. The van der Waals surface area contributed by atoms with Crippen molar-refractivity contribution < 1.29 is 19.1 Å². The number of carbonyl (C=O) groups excluding carboxylic acids is 3. The molecule has 1 aromatic rings. The smallest absolute Gasteiger partial charge is 0.243 e. The first-order valence-electron chi connectivity index (χ1n) is 11.9. The number of fused-ring (bicyclic) bond motifs is 1. The SMILES string of the molecule is CC(C)C[C@H](C(=O)NCc1cccnc1OC1CCCC1)N1C(=O)[C@H]2CC=CC[C@@H]2C1=O. The van der Waals surface area contributed by atoms with Crippen LogP contribution < -0.4 is 10.1 Å². The molecule has 7 nitrogen and oxygen atoms in total. The number of carbonyl (C=O) groups is 3. The maximum Gasteiger partial charge on any atom is 0.243 e. The average Bonchev–Trinajstić information content (AvgIpc) is 3.38. The van der Waals surface area contributed by atoms with Crippen LogP contribution in [0.5, 0.6) is 5.88 Å². The summed E-state index contributed by atoms with van der Waals surface area (Å²) in [6.45, 7) is 4.23. The van der Waals surface area contributed by atoms with Crippen molar-refractivity contribution in [3.63, 3.8) is 0 Å². The molecule has 1 aromatic heterocycles. The van der Waals surface area contributed by atoms with Gasteiger partial charge in [0.15, 0.2) is 0 Å². The molecule has 0 unspecified atom stereocenters. The van der Waals surface area contributed by atoms with E-state index in [9.17, 15) is 14.4 Å². The maximum atomic E-state index is 13.3. The Hall–Kier alpha value is -2.70. The second kappa shape index (κ2) is 9.84. The molecule has 1 aliphatic heterocycles. The van der Waals surface area contributed by atoms with E-state index in [-0.39, 0.29) is 48.1 Å². The van der Waals surface area contributed by atoms with Gasteiger partial charge in [0.1, 0.15) is 12.1 Å². The van der Waals surface area contributed by atoms with Gasteiger partial charge in [-0.25, -0.2) is 4.98 Å². The van der Waals surface area contributed by atoms with Crippen LogP contribution in [0.2, 0.25) is 0 Å². The van der Waals surface area contributed by atoms with E-state index >= 15 is 0 Å². The lowest BCUT2D eigenvalue weighted by atomic mass is 9.85. The van der Waals surface area contributed by atoms with Crippen molar-refractivity contribution in [1.29, 1.82) is 0 Å². The largest absolute Gasteiger partial charge is 0.474 e. The van der Waals surface area contributed by atoms with Gasteiger partial charge < -0.3 is 10.1 Å². The van der Waals surface area contributed by atoms with Gasteiger partial charge in [-0.15, -0.1) is 0 Å². The fourth-order valence-corrected chi connectivity index (χ4v) is 5.04. The normalized spacial score (nSPS) is 24.2. The van der Waals surface area contributed by atoms with Crippen LogP contribution in [0.15, 0.2) is 30.5 Å². The summed E-state index contributed by atoms with van der Waals surface area (Å²) in [6.07, 6.45) is 11.7.